The number of benzene rings is 1. The zero-order valence-electron chi connectivity index (χ0n) is 15.0. The van der Waals surface area contributed by atoms with Gasteiger partial charge in [0.25, 0.3) is 5.91 Å². The monoisotopic (exact) mass is 372 g/mol. The van der Waals surface area contributed by atoms with Gasteiger partial charge in [-0.15, -0.1) is 0 Å². The molecule has 0 saturated carbocycles. The standard InChI is InChI=1S/C18H20N4O5/c1-3-8-27-17-15(22(24)25)9-13(10-16(17)26-4-2)11-20-21-18(23)14-6-5-7-19-12-14/h5-7,9-12H,3-4,8H2,1-2H3,(H,21,23)/b20-11-. The second-order valence-electron chi connectivity index (χ2n) is 5.35. The molecule has 0 saturated heterocycles. The Labute approximate surface area is 156 Å². The molecule has 9 nitrogen and oxygen atoms in total. The fraction of sp³-hybridized carbons (Fsp3) is 0.278. The lowest BCUT2D eigenvalue weighted by molar-refractivity contribution is -0.386. The van der Waals surface area contributed by atoms with Gasteiger partial charge in [0, 0.05) is 24.0 Å². The number of hydrazone groups is 1. The van der Waals surface area contributed by atoms with Crippen molar-refractivity contribution in [1.82, 2.24) is 10.4 Å². The van der Waals surface area contributed by atoms with Crippen LogP contribution < -0.4 is 14.9 Å². The van der Waals surface area contributed by atoms with E-state index in [1.165, 1.54) is 18.5 Å². The molecule has 0 unspecified atom stereocenters. The first-order chi connectivity index (χ1) is 13.1. The topological polar surface area (TPSA) is 116 Å². The van der Waals surface area contributed by atoms with E-state index in [1.807, 2.05) is 6.92 Å². The molecule has 27 heavy (non-hydrogen) atoms. The van der Waals surface area contributed by atoms with Gasteiger partial charge in [-0.1, -0.05) is 6.92 Å². The Balaban J connectivity index is 2.25. The number of aromatic nitrogens is 1. The predicted octanol–water partition coefficient (Wildman–Crippen LogP) is 2.94. The molecule has 0 aliphatic carbocycles. The van der Waals surface area contributed by atoms with E-state index in [1.54, 1.807) is 31.3 Å². The summed E-state index contributed by atoms with van der Waals surface area (Å²) in [4.78, 5) is 26.7. The largest absolute Gasteiger partial charge is 0.490 e. The van der Waals surface area contributed by atoms with E-state index < -0.39 is 10.8 Å². The summed E-state index contributed by atoms with van der Waals surface area (Å²) in [5.41, 5.74) is 2.85. The third-order valence-corrected chi connectivity index (χ3v) is 3.31. The van der Waals surface area contributed by atoms with Crippen molar-refractivity contribution in [3.05, 3.63) is 57.9 Å². The molecule has 2 rings (SSSR count). The molecular weight excluding hydrogens is 352 g/mol. The van der Waals surface area contributed by atoms with Gasteiger partial charge in [-0.05, 0) is 31.5 Å². The lowest BCUT2D eigenvalue weighted by atomic mass is 10.2. The van der Waals surface area contributed by atoms with E-state index in [0.717, 1.165) is 0 Å². The smallest absolute Gasteiger partial charge is 0.315 e. The van der Waals surface area contributed by atoms with Crippen molar-refractivity contribution in [2.45, 2.75) is 20.3 Å². The third kappa shape index (κ3) is 5.50. The fourth-order valence-corrected chi connectivity index (χ4v) is 2.16. The van der Waals surface area contributed by atoms with E-state index in [2.05, 4.69) is 15.5 Å². The molecule has 1 aromatic heterocycles. The Morgan fingerprint density at radius 3 is 2.81 bits per heavy atom. The number of nitrogens with zero attached hydrogens (tertiary/aromatic N) is 3. The fourth-order valence-electron chi connectivity index (χ4n) is 2.16. The van der Waals surface area contributed by atoms with E-state index >= 15 is 0 Å². The highest BCUT2D eigenvalue weighted by molar-refractivity contribution is 5.94. The van der Waals surface area contributed by atoms with Crippen molar-refractivity contribution in [1.29, 1.82) is 0 Å². The Hall–Kier alpha value is -3.49. The predicted molar refractivity (Wildman–Crippen MR) is 99.3 cm³/mol. The lowest BCUT2D eigenvalue weighted by Gasteiger charge is -2.12. The molecule has 142 valence electrons. The SMILES string of the molecule is CCCOc1c(OCC)cc(/C=N\NC(=O)c2cccnc2)cc1[N+](=O)[O-]. The molecule has 1 heterocycles. The van der Waals surface area contributed by atoms with Gasteiger partial charge in [0.15, 0.2) is 5.75 Å². The van der Waals surface area contributed by atoms with Crippen molar-refractivity contribution in [3.63, 3.8) is 0 Å². The van der Waals surface area contributed by atoms with Gasteiger partial charge < -0.3 is 9.47 Å². The van der Waals surface area contributed by atoms with Gasteiger partial charge in [0.2, 0.25) is 5.75 Å². The molecule has 0 spiro atoms. The van der Waals surface area contributed by atoms with Gasteiger partial charge in [-0.3, -0.25) is 19.9 Å². The van der Waals surface area contributed by atoms with Crippen molar-refractivity contribution in [2.24, 2.45) is 5.10 Å². The minimum absolute atomic E-state index is 0.0836. The maximum atomic E-state index is 11.9. The van der Waals surface area contributed by atoms with Gasteiger partial charge in [0.05, 0.1) is 29.9 Å². The first-order valence-electron chi connectivity index (χ1n) is 8.38. The van der Waals surface area contributed by atoms with Crippen molar-refractivity contribution in [3.8, 4) is 11.5 Å². The number of hydrogen-bond donors (Lipinski definition) is 1. The van der Waals surface area contributed by atoms with E-state index in [-0.39, 0.29) is 17.2 Å². The average molecular weight is 372 g/mol. The van der Waals surface area contributed by atoms with E-state index in [9.17, 15) is 14.9 Å². The summed E-state index contributed by atoms with van der Waals surface area (Å²) >= 11 is 0. The average Bonchev–Trinajstić information content (AvgIpc) is 2.67. The molecule has 0 fully saturated rings. The summed E-state index contributed by atoms with van der Waals surface area (Å²) in [6, 6.07) is 6.11. The molecule has 0 atom stereocenters. The molecule has 0 radical (unpaired) electrons. The Bertz CT molecular complexity index is 824. The molecule has 0 bridgehead atoms. The number of rotatable bonds is 9. The molecule has 9 heteroatoms. The number of pyridine rings is 1. The molecule has 2 aromatic rings. The first kappa shape index (κ1) is 19.8. The third-order valence-electron chi connectivity index (χ3n) is 3.31. The molecule has 0 aliphatic rings. The Kier molecular flexibility index (Phi) is 7.24. The number of nitro groups is 1. The van der Waals surface area contributed by atoms with Gasteiger partial charge in [-0.25, -0.2) is 5.43 Å². The summed E-state index contributed by atoms with van der Waals surface area (Å²) in [6.45, 7) is 4.32. The second-order valence-corrected chi connectivity index (χ2v) is 5.35. The van der Waals surface area contributed by atoms with Crippen LogP contribution in [-0.4, -0.2) is 35.2 Å². The van der Waals surface area contributed by atoms with Gasteiger partial charge in [-0.2, -0.15) is 5.10 Å². The maximum absolute atomic E-state index is 11.9. The zero-order chi connectivity index (χ0) is 19.6. The lowest BCUT2D eigenvalue weighted by Crippen LogP contribution is -2.17. The number of nitrogens with one attached hydrogen (secondary N) is 1. The molecule has 0 aliphatic heterocycles. The van der Waals surface area contributed by atoms with Crippen LogP contribution in [0.15, 0.2) is 41.8 Å². The van der Waals surface area contributed by atoms with Crippen LogP contribution in [0.5, 0.6) is 11.5 Å². The summed E-state index contributed by atoms with van der Waals surface area (Å²) in [6.07, 6.45) is 4.96. The molecule has 1 N–H and O–H groups in total. The van der Waals surface area contributed by atoms with Crippen LogP contribution >= 0.6 is 0 Å². The summed E-state index contributed by atoms with van der Waals surface area (Å²) in [5.74, 6) is -0.109. The highest BCUT2D eigenvalue weighted by Crippen LogP contribution is 2.38. The van der Waals surface area contributed by atoms with Crippen LogP contribution in [0.1, 0.15) is 36.2 Å². The van der Waals surface area contributed by atoms with Gasteiger partial charge >= 0.3 is 5.69 Å². The number of ether oxygens (including phenoxy) is 2. The number of hydrogen-bond acceptors (Lipinski definition) is 7. The summed E-state index contributed by atoms with van der Waals surface area (Å²) in [5, 5.41) is 15.2. The minimum atomic E-state index is -0.543. The quantitative estimate of drug-likeness (QED) is 0.411. The zero-order valence-corrected chi connectivity index (χ0v) is 15.0. The number of nitro benzene ring substituents is 1. The summed E-state index contributed by atoms with van der Waals surface area (Å²) in [7, 11) is 0. The van der Waals surface area contributed by atoms with Crippen LogP contribution in [0.2, 0.25) is 0 Å². The van der Waals surface area contributed by atoms with Crippen molar-refractivity contribution in [2.75, 3.05) is 13.2 Å². The Morgan fingerprint density at radius 1 is 1.37 bits per heavy atom. The second kappa shape index (κ2) is 9.85. The molecule has 1 aromatic carbocycles. The number of carbonyl (C=O) groups excluding carboxylic acids is 1. The van der Waals surface area contributed by atoms with Crippen LogP contribution in [0.4, 0.5) is 5.69 Å². The maximum Gasteiger partial charge on any atom is 0.315 e. The van der Waals surface area contributed by atoms with E-state index in [0.29, 0.717) is 30.8 Å². The van der Waals surface area contributed by atoms with Crippen molar-refractivity contribution < 1.29 is 19.2 Å². The van der Waals surface area contributed by atoms with Gasteiger partial charge in [0.1, 0.15) is 0 Å². The Morgan fingerprint density at radius 2 is 2.19 bits per heavy atom. The molecular formula is C18H20N4O5. The first-order valence-corrected chi connectivity index (χ1v) is 8.38. The van der Waals surface area contributed by atoms with Crippen molar-refractivity contribution >= 4 is 17.8 Å². The number of amides is 1. The minimum Gasteiger partial charge on any atom is -0.490 e. The highest BCUT2D eigenvalue weighted by atomic mass is 16.6. The summed E-state index contributed by atoms with van der Waals surface area (Å²) < 4.78 is 11.0. The van der Waals surface area contributed by atoms with Crippen LogP contribution in [-0.2, 0) is 0 Å². The normalized spacial score (nSPS) is 10.6. The number of carbonyl (C=O) groups is 1. The van der Waals surface area contributed by atoms with Crippen LogP contribution in [0.25, 0.3) is 0 Å². The highest BCUT2D eigenvalue weighted by Gasteiger charge is 2.22. The van der Waals surface area contributed by atoms with E-state index in [4.69, 9.17) is 9.47 Å². The van der Waals surface area contributed by atoms with Crippen LogP contribution in [0.3, 0.4) is 0 Å². The molecule has 1 amide bonds. The van der Waals surface area contributed by atoms with Crippen LogP contribution in [0, 0.1) is 10.1 Å².